The van der Waals surface area contributed by atoms with Crippen molar-refractivity contribution in [2.45, 2.75) is 46.4 Å². The first-order valence-corrected chi connectivity index (χ1v) is 4.77. The maximum Gasteiger partial charge on any atom is 0.136 e. The van der Waals surface area contributed by atoms with Gasteiger partial charge in [0.25, 0.3) is 0 Å². The third-order valence-corrected chi connectivity index (χ3v) is 2.77. The highest BCUT2D eigenvalue weighted by Crippen LogP contribution is 2.31. The Kier molecular flexibility index (Phi) is 2.72. The number of nitrogens with one attached hydrogen (secondary N) is 1. The van der Waals surface area contributed by atoms with Gasteiger partial charge >= 0.3 is 0 Å². The Hall–Kier alpha value is -0.830. The number of aliphatic hydroxyl groups excluding tert-OH is 1. The predicted molar refractivity (Wildman–Crippen MR) is 55.2 cm³/mol. The van der Waals surface area contributed by atoms with Crippen molar-refractivity contribution in [2.75, 3.05) is 0 Å². The lowest BCUT2D eigenvalue weighted by Gasteiger charge is -2.21. The second-order valence-electron chi connectivity index (χ2n) is 4.38. The molecule has 0 amide bonds. The number of H-pyrrole nitrogens is 1. The molecule has 1 heterocycles. The molecule has 0 bridgehead atoms. The summed E-state index contributed by atoms with van der Waals surface area (Å²) in [7, 11) is 0. The van der Waals surface area contributed by atoms with Crippen molar-refractivity contribution in [1.82, 2.24) is 4.98 Å². The van der Waals surface area contributed by atoms with Crippen molar-refractivity contribution in [3.8, 4) is 0 Å². The molecule has 80 valence electrons. The van der Waals surface area contributed by atoms with Gasteiger partial charge in [-0.2, -0.15) is 0 Å². The summed E-state index contributed by atoms with van der Waals surface area (Å²) in [4.78, 5) is 3.03. The van der Waals surface area contributed by atoms with Gasteiger partial charge in [0, 0.05) is 5.69 Å². The fraction of sp³-hybridized carbons (Fsp3) is 0.636. The molecule has 14 heavy (non-hydrogen) atoms. The van der Waals surface area contributed by atoms with Crippen LogP contribution in [0.4, 0.5) is 4.39 Å². The number of halogens is 1. The molecular formula is C11H18FNO. The minimum Gasteiger partial charge on any atom is -0.384 e. The van der Waals surface area contributed by atoms with Gasteiger partial charge in [0.2, 0.25) is 0 Å². The number of rotatable bonds is 2. The summed E-state index contributed by atoms with van der Waals surface area (Å²) in [6.45, 7) is 8.53. The van der Waals surface area contributed by atoms with Gasteiger partial charge in [-0.3, -0.25) is 0 Å². The highest BCUT2D eigenvalue weighted by molar-refractivity contribution is 5.36. The molecule has 3 heteroatoms. The summed E-state index contributed by atoms with van der Waals surface area (Å²) in [6, 6.07) is 0. The molecule has 1 aromatic heterocycles. The van der Waals surface area contributed by atoms with Gasteiger partial charge in [-0.25, -0.2) is 4.39 Å². The highest BCUT2D eigenvalue weighted by Gasteiger charge is 2.31. The minimum absolute atomic E-state index is 0.590. The molecule has 1 aromatic rings. The number of aliphatic hydroxyl groups is 1. The number of aryl methyl sites for hydroxylation is 1. The molecule has 0 aliphatic heterocycles. The molecule has 0 saturated heterocycles. The van der Waals surface area contributed by atoms with Crippen LogP contribution in [0, 0.1) is 20.8 Å². The molecule has 0 aliphatic carbocycles. The van der Waals surface area contributed by atoms with Crippen LogP contribution in [-0.4, -0.2) is 15.8 Å². The van der Waals surface area contributed by atoms with Crippen LogP contribution in [0.15, 0.2) is 0 Å². The van der Waals surface area contributed by atoms with Crippen LogP contribution < -0.4 is 0 Å². The molecule has 1 rings (SSSR count). The van der Waals surface area contributed by atoms with E-state index < -0.39 is 11.8 Å². The normalized spacial score (nSPS) is 14.5. The van der Waals surface area contributed by atoms with E-state index in [9.17, 15) is 9.50 Å². The molecule has 2 N–H and O–H groups in total. The van der Waals surface area contributed by atoms with Crippen molar-refractivity contribution in [3.05, 3.63) is 22.5 Å². The van der Waals surface area contributed by atoms with Crippen molar-refractivity contribution >= 4 is 0 Å². The Morgan fingerprint density at radius 2 is 1.71 bits per heavy atom. The van der Waals surface area contributed by atoms with Crippen LogP contribution in [0.3, 0.4) is 0 Å². The van der Waals surface area contributed by atoms with Crippen molar-refractivity contribution in [2.24, 2.45) is 0 Å². The summed E-state index contributed by atoms with van der Waals surface area (Å²) in [5.74, 6) is 0. The van der Waals surface area contributed by atoms with Gasteiger partial charge in [-0.15, -0.1) is 0 Å². The lowest BCUT2D eigenvalue weighted by molar-refractivity contribution is 0.0131. The topological polar surface area (TPSA) is 36.0 Å². The number of aromatic amines is 1. The molecule has 0 aromatic carbocycles. The minimum atomic E-state index is -1.62. The second-order valence-corrected chi connectivity index (χ2v) is 4.38. The van der Waals surface area contributed by atoms with Gasteiger partial charge in [0.15, 0.2) is 0 Å². The van der Waals surface area contributed by atoms with Crippen LogP contribution in [0.1, 0.15) is 42.5 Å². The number of alkyl halides is 1. The SMILES string of the molecule is Cc1[nH]c(C(O)C(C)(C)F)c(C)c1C. The average Bonchev–Trinajstić information content (AvgIpc) is 2.30. The van der Waals surface area contributed by atoms with Gasteiger partial charge in [0.1, 0.15) is 11.8 Å². The first-order valence-electron chi connectivity index (χ1n) is 4.77. The van der Waals surface area contributed by atoms with Gasteiger partial charge in [-0.1, -0.05) is 0 Å². The Morgan fingerprint density at radius 1 is 1.21 bits per heavy atom. The third kappa shape index (κ3) is 1.82. The maximum atomic E-state index is 13.5. The van der Waals surface area contributed by atoms with E-state index in [1.54, 1.807) is 0 Å². The summed E-state index contributed by atoms with van der Waals surface area (Å²) >= 11 is 0. The van der Waals surface area contributed by atoms with E-state index in [0.717, 1.165) is 16.8 Å². The Balaban J connectivity index is 3.14. The van der Waals surface area contributed by atoms with E-state index >= 15 is 0 Å². The highest BCUT2D eigenvalue weighted by atomic mass is 19.1. The smallest absolute Gasteiger partial charge is 0.136 e. The van der Waals surface area contributed by atoms with E-state index in [0.29, 0.717) is 5.69 Å². The zero-order chi connectivity index (χ0) is 11.1. The predicted octanol–water partition coefficient (Wildman–Crippen LogP) is 2.72. The van der Waals surface area contributed by atoms with Crippen LogP contribution in [0.2, 0.25) is 0 Å². The molecule has 0 saturated carbocycles. The molecule has 0 aliphatic rings. The zero-order valence-electron chi connectivity index (χ0n) is 9.40. The van der Waals surface area contributed by atoms with Crippen molar-refractivity contribution < 1.29 is 9.50 Å². The first kappa shape index (κ1) is 11.2. The van der Waals surface area contributed by atoms with Crippen LogP contribution in [0.5, 0.6) is 0 Å². The Labute approximate surface area is 84.2 Å². The quantitative estimate of drug-likeness (QED) is 0.754. The van der Waals surface area contributed by atoms with Crippen molar-refractivity contribution in [1.29, 1.82) is 0 Å². The fourth-order valence-electron chi connectivity index (χ4n) is 1.49. The Morgan fingerprint density at radius 3 is 2.00 bits per heavy atom. The van der Waals surface area contributed by atoms with Crippen molar-refractivity contribution in [3.63, 3.8) is 0 Å². The van der Waals surface area contributed by atoms with Crippen LogP contribution in [-0.2, 0) is 0 Å². The number of hydrogen-bond donors (Lipinski definition) is 2. The van der Waals surface area contributed by atoms with E-state index in [1.807, 2.05) is 20.8 Å². The van der Waals surface area contributed by atoms with Gasteiger partial charge in [-0.05, 0) is 45.7 Å². The maximum absolute atomic E-state index is 13.5. The second kappa shape index (κ2) is 3.39. The molecule has 0 radical (unpaired) electrons. The third-order valence-electron chi connectivity index (χ3n) is 2.77. The van der Waals surface area contributed by atoms with Gasteiger partial charge in [0.05, 0.1) is 5.69 Å². The van der Waals surface area contributed by atoms with E-state index in [2.05, 4.69) is 4.98 Å². The van der Waals surface area contributed by atoms with Crippen LogP contribution >= 0.6 is 0 Å². The van der Waals surface area contributed by atoms with E-state index in [1.165, 1.54) is 13.8 Å². The van der Waals surface area contributed by atoms with E-state index in [-0.39, 0.29) is 0 Å². The van der Waals surface area contributed by atoms with Crippen LogP contribution in [0.25, 0.3) is 0 Å². The largest absolute Gasteiger partial charge is 0.384 e. The average molecular weight is 199 g/mol. The lowest BCUT2D eigenvalue weighted by atomic mass is 9.98. The van der Waals surface area contributed by atoms with Gasteiger partial charge < -0.3 is 10.1 Å². The molecule has 0 spiro atoms. The summed E-state index contributed by atoms with van der Waals surface area (Å²) in [5.41, 5.74) is 1.99. The molecule has 1 unspecified atom stereocenters. The molecular weight excluding hydrogens is 181 g/mol. The number of aromatic nitrogens is 1. The molecule has 0 fully saturated rings. The summed E-state index contributed by atoms with van der Waals surface area (Å²) in [6.07, 6.45) is -1.09. The zero-order valence-corrected chi connectivity index (χ0v) is 9.40. The summed E-state index contributed by atoms with van der Waals surface area (Å²) < 4.78 is 13.5. The first-order chi connectivity index (χ1) is 6.25. The monoisotopic (exact) mass is 199 g/mol. The number of hydrogen-bond acceptors (Lipinski definition) is 1. The fourth-order valence-corrected chi connectivity index (χ4v) is 1.49. The Bertz CT molecular complexity index is 336. The molecule has 1 atom stereocenters. The summed E-state index contributed by atoms with van der Waals surface area (Å²) in [5, 5.41) is 9.77. The lowest BCUT2D eigenvalue weighted by Crippen LogP contribution is -2.24. The van der Waals surface area contributed by atoms with E-state index in [4.69, 9.17) is 0 Å². The standard InChI is InChI=1S/C11H18FNO/c1-6-7(2)9(13-8(6)3)10(14)11(4,5)12/h10,13-14H,1-5H3. The molecule has 2 nitrogen and oxygen atoms in total.